The Morgan fingerprint density at radius 1 is 1.50 bits per heavy atom. The van der Waals surface area contributed by atoms with Crippen LogP contribution in [-0.4, -0.2) is 42.9 Å². The number of hydrogen-bond acceptors (Lipinski definition) is 5. The molecule has 0 aromatic rings. The molecule has 0 saturated carbocycles. The molecule has 1 heterocycles. The number of amides is 3. The van der Waals surface area contributed by atoms with Gasteiger partial charge in [0.25, 0.3) is 5.91 Å². The molecular weight excluding hydrogens is 290 g/mol. The van der Waals surface area contributed by atoms with Gasteiger partial charge in [-0.25, -0.2) is 4.79 Å². The molecule has 8 nitrogen and oxygen atoms in total. The van der Waals surface area contributed by atoms with Crippen LogP contribution in [0.4, 0.5) is 4.79 Å². The van der Waals surface area contributed by atoms with Crippen molar-refractivity contribution in [2.45, 2.75) is 45.3 Å². The summed E-state index contributed by atoms with van der Waals surface area (Å²) in [5.41, 5.74) is 4.96. The van der Waals surface area contributed by atoms with Gasteiger partial charge in [-0.05, 0) is 25.2 Å². The predicted molar refractivity (Wildman–Crippen MR) is 77.6 cm³/mol. The maximum atomic E-state index is 12.1. The Bertz CT molecular complexity index is 438. The van der Waals surface area contributed by atoms with E-state index in [1.54, 1.807) is 0 Å². The number of primary amides is 1. The molecule has 3 atom stereocenters. The average molecular weight is 313 g/mol. The van der Waals surface area contributed by atoms with Crippen molar-refractivity contribution >= 4 is 24.2 Å². The first kappa shape index (κ1) is 17.9. The lowest BCUT2D eigenvalue weighted by molar-refractivity contribution is -0.133. The van der Waals surface area contributed by atoms with Crippen LogP contribution in [0.2, 0.25) is 0 Å². The van der Waals surface area contributed by atoms with Gasteiger partial charge in [-0.2, -0.15) is 0 Å². The van der Waals surface area contributed by atoms with Gasteiger partial charge in [0.15, 0.2) is 6.10 Å². The lowest BCUT2D eigenvalue weighted by Gasteiger charge is -2.21. The lowest BCUT2D eigenvalue weighted by Crippen LogP contribution is -2.46. The van der Waals surface area contributed by atoms with Crippen molar-refractivity contribution in [3.8, 4) is 0 Å². The second-order valence-corrected chi connectivity index (χ2v) is 5.82. The van der Waals surface area contributed by atoms with Gasteiger partial charge in [-0.15, -0.1) is 0 Å². The fraction of sp³-hybridized carbons (Fsp3) is 0.714. The molecule has 2 unspecified atom stereocenters. The summed E-state index contributed by atoms with van der Waals surface area (Å²) in [4.78, 5) is 45.6. The standard InChI is InChI=1S/C14H23N3O5/c1-8(2)5-11(22-14(15)21)13(20)17-10(7-18)6-9-3-4-16-12(9)19/h7-11H,3-6H2,1-2H3,(H2,15,21)(H,16,19)(H,17,20)/t9-,10?,11?/m0/s1. The van der Waals surface area contributed by atoms with Crippen LogP contribution < -0.4 is 16.4 Å². The van der Waals surface area contributed by atoms with Crippen LogP contribution in [0.15, 0.2) is 0 Å². The maximum Gasteiger partial charge on any atom is 0.405 e. The van der Waals surface area contributed by atoms with E-state index in [9.17, 15) is 19.2 Å². The topological polar surface area (TPSA) is 128 Å². The third-order valence-electron chi connectivity index (χ3n) is 3.43. The summed E-state index contributed by atoms with van der Waals surface area (Å²) in [5.74, 6) is -0.891. The molecule has 0 bridgehead atoms. The van der Waals surface area contributed by atoms with Gasteiger partial charge in [0.2, 0.25) is 5.91 Å². The number of rotatable bonds is 8. The minimum absolute atomic E-state index is 0.102. The van der Waals surface area contributed by atoms with Crippen LogP contribution >= 0.6 is 0 Å². The second-order valence-electron chi connectivity index (χ2n) is 5.82. The Morgan fingerprint density at radius 2 is 2.18 bits per heavy atom. The first-order chi connectivity index (χ1) is 10.3. The Kier molecular flexibility index (Phi) is 6.81. The molecule has 1 saturated heterocycles. The molecule has 0 aromatic carbocycles. The fourth-order valence-corrected chi connectivity index (χ4v) is 2.38. The van der Waals surface area contributed by atoms with E-state index in [1.807, 2.05) is 13.8 Å². The number of ether oxygens (including phenoxy) is 1. The highest BCUT2D eigenvalue weighted by molar-refractivity contribution is 5.86. The van der Waals surface area contributed by atoms with E-state index in [1.165, 1.54) is 0 Å². The van der Waals surface area contributed by atoms with Crippen molar-refractivity contribution in [1.82, 2.24) is 10.6 Å². The SMILES string of the molecule is CC(C)CC(OC(N)=O)C(=O)NC(C=O)C[C@@H]1CCNC1=O. The summed E-state index contributed by atoms with van der Waals surface area (Å²) in [6.45, 7) is 4.30. The molecule has 0 spiro atoms. The zero-order valence-corrected chi connectivity index (χ0v) is 12.8. The molecule has 124 valence electrons. The Hall–Kier alpha value is -2.12. The first-order valence-electron chi connectivity index (χ1n) is 7.33. The maximum absolute atomic E-state index is 12.1. The van der Waals surface area contributed by atoms with E-state index in [-0.39, 0.29) is 24.2 Å². The third kappa shape index (κ3) is 5.71. The third-order valence-corrected chi connectivity index (χ3v) is 3.43. The normalized spacial score (nSPS) is 20.1. The molecule has 8 heteroatoms. The minimum Gasteiger partial charge on any atom is -0.436 e. The van der Waals surface area contributed by atoms with Gasteiger partial charge in [0.1, 0.15) is 6.29 Å². The van der Waals surface area contributed by atoms with Crippen LogP contribution in [0.1, 0.15) is 33.1 Å². The summed E-state index contributed by atoms with van der Waals surface area (Å²) in [6, 6.07) is -0.799. The molecular formula is C14H23N3O5. The lowest BCUT2D eigenvalue weighted by atomic mass is 9.98. The number of carbonyl (C=O) groups is 4. The molecule has 0 radical (unpaired) electrons. The van der Waals surface area contributed by atoms with Crippen molar-refractivity contribution in [3.63, 3.8) is 0 Å². The highest BCUT2D eigenvalue weighted by Gasteiger charge is 2.30. The summed E-state index contributed by atoms with van der Waals surface area (Å²) >= 11 is 0. The average Bonchev–Trinajstić information content (AvgIpc) is 2.81. The number of aldehydes is 1. The van der Waals surface area contributed by atoms with Crippen molar-refractivity contribution in [2.75, 3.05) is 6.54 Å². The van der Waals surface area contributed by atoms with Crippen LogP contribution in [0.3, 0.4) is 0 Å². The highest BCUT2D eigenvalue weighted by atomic mass is 16.6. The van der Waals surface area contributed by atoms with Gasteiger partial charge < -0.3 is 25.9 Å². The Balaban J connectivity index is 2.61. The van der Waals surface area contributed by atoms with Crippen LogP contribution in [0, 0.1) is 11.8 Å². The zero-order valence-electron chi connectivity index (χ0n) is 12.8. The van der Waals surface area contributed by atoms with Gasteiger partial charge in [0, 0.05) is 12.5 Å². The fourth-order valence-electron chi connectivity index (χ4n) is 2.38. The monoisotopic (exact) mass is 313 g/mol. The summed E-state index contributed by atoms with van der Waals surface area (Å²) in [5, 5.41) is 5.18. The van der Waals surface area contributed by atoms with Crippen LogP contribution in [0.25, 0.3) is 0 Å². The van der Waals surface area contributed by atoms with Gasteiger partial charge in [0.05, 0.1) is 6.04 Å². The van der Waals surface area contributed by atoms with Crippen molar-refractivity contribution in [1.29, 1.82) is 0 Å². The van der Waals surface area contributed by atoms with Crippen molar-refractivity contribution in [2.24, 2.45) is 17.6 Å². The second kappa shape index (κ2) is 8.35. The Labute approximate surface area is 129 Å². The van der Waals surface area contributed by atoms with E-state index >= 15 is 0 Å². The molecule has 1 aliphatic heterocycles. The molecule has 1 fully saturated rings. The Morgan fingerprint density at radius 3 is 2.64 bits per heavy atom. The van der Waals surface area contributed by atoms with E-state index < -0.39 is 24.1 Å². The molecule has 4 N–H and O–H groups in total. The van der Waals surface area contributed by atoms with Crippen LogP contribution in [0.5, 0.6) is 0 Å². The van der Waals surface area contributed by atoms with Gasteiger partial charge in [-0.1, -0.05) is 13.8 Å². The van der Waals surface area contributed by atoms with Crippen molar-refractivity contribution < 1.29 is 23.9 Å². The largest absolute Gasteiger partial charge is 0.436 e. The van der Waals surface area contributed by atoms with E-state index in [2.05, 4.69) is 10.6 Å². The quantitative estimate of drug-likeness (QED) is 0.530. The molecule has 3 amide bonds. The van der Waals surface area contributed by atoms with E-state index in [4.69, 9.17) is 10.5 Å². The molecule has 22 heavy (non-hydrogen) atoms. The highest BCUT2D eigenvalue weighted by Crippen LogP contribution is 2.16. The molecule has 0 aliphatic carbocycles. The van der Waals surface area contributed by atoms with Gasteiger partial charge in [-0.3, -0.25) is 9.59 Å². The number of carbonyl (C=O) groups excluding carboxylic acids is 4. The first-order valence-corrected chi connectivity index (χ1v) is 7.33. The smallest absolute Gasteiger partial charge is 0.405 e. The summed E-state index contributed by atoms with van der Waals surface area (Å²) < 4.78 is 4.79. The number of nitrogens with two attached hydrogens (primary N) is 1. The molecule has 1 rings (SSSR count). The summed E-state index contributed by atoms with van der Waals surface area (Å²) in [7, 11) is 0. The van der Waals surface area contributed by atoms with Crippen LogP contribution in [-0.2, 0) is 19.1 Å². The molecule has 1 aliphatic rings. The predicted octanol–water partition coefficient (Wildman–Crippen LogP) is -0.294. The van der Waals surface area contributed by atoms with Gasteiger partial charge >= 0.3 is 6.09 Å². The summed E-state index contributed by atoms with van der Waals surface area (Å²) in [6.07, 6.45) is -0.348. The van der Waals surface area contributed by atoms with Crippen molar-refractivity contribution in [3.05, 3.63) is 0 Å². The van der Waals surface area contributed by atoms with E-state index in [0.717, 1.165) is 0 Å². The zero-order chi connectivity index (χ0) is 16.7. The number of hydrogen-bond donors (Lipinski definition) is 3. The molecule has 0 aromatic heterocycles. The minimum atomic E-state index is -1.04. The number of nitrogens with one attached hydrogen (secondary N) is 2. The van der Waals surface area contributed by atoms with E-state index in [0.29, 0.717) is 25.7 Å².